The Morgan fingerprint density at radius 3 is 2.78 bits per heavy atom. The summed E-state index contributed by atoms with van der Waals surface area (Å²) in [4.78, 5) is 0. The largest absolute Gasteiger partial charge is 0.393 e. The van der Waals surface area contributed by atoms with Gasteiger partial charge in [0.15, 0.2) is 0 Å². The molecule has 0 spiro atoms. The van der Waals surface area contributed by atoms with Crippen molar-refractivity contribution in [3.63, 3.8) is 0 Å². The van der Waals surface area contributed by atoms with E-state index in [-0.39, 0.29) is 18.1 Å². The van der Waals surface area contributed by atoms with Crippen LogP contribution in [-0.2, 0) is 0 Å². The van der Waals surface area contributed by atoms with Gasteiger partial charge in [0, 0.05) is 24.2 Å². The van der Waals surface area contributed by atoms with Crippen molar-refractivity contribution in [3.8, 4) is 0 Å². The zero-order chi connectivity index (χ0) is 13.1. The van der Waals surface area contributed by atoms with E-state index in [1.165, 1.54) is 12.1 Å². The Labute approximate surface area is 106 Å². The van der Waals surface area contributed by atoms with Crippen LogP contribution in [0.5, 0.6) is 0 Å². The molecule has 0 saturated heterocycles. The molecular formula is C14H19F2NO. The highest BCUT2D eigenvalue weighted by molar-refractivity contribution is 5.21. The van der Waals surface area contributed by atoms with Gasteiger partial charge in [-0.2, -0.15) is 0 Å². The summed E-state index contributed by atoms with van der Waals surface area (Å²) in [5, 5.41) is 12.9. The van der Waals surface area contributed by atoms with Crippen molar-refractivity contribution in [2.75, 3.05) is 6.54 Å². The van der Waals surface area contributed by atoms with Gasteiger partial charge in [-0.3, -0.25) is 0 Å². The van der Waals surface area contributed by atoms with E-state index < -0.39 is 11.6 Å². The third-order valence-electron chi connectivity index (χ3n) is 3.73. The lowest BCUT2D eigenvalue weighted by molar-refractivity contribution is 0.130. The Kier molecular flexibility index (Phi) is 4.30. The van der Waals surface area contributed by atoms with Crippen molar-refractivity contribution in [2.45, 2.75) is 38.3 Å². The summed E-state index contributed by atoms with van der Waals surface area (Å²) in [5.74, 6) is -0.840. The molecule has 1 saturated carbocycles. The summed E-state index contributed by atoms with van der Waals surface area (Å²) in [6.07, 6.45) is 2.66. The molecule has 2 nitrogen and oxygen atoms in total. The van der Waals surface area contributed by atoms with Crippen LogP contribution in [0.15, 0.2) is 18.2 Å². The minimum atomic E-state index is -0.560. The van der Waals surface area contributed by atoms with E-state index in [1.807, 2.05) is 6.92 Å². The smallest absolute Gasteiger partial charge is 0.130 e. The second-order valence-corrected chi connectivity index (χ2v) is 5.05. The number of hydrogen-bond donors (Lipinski definition) is 2. The SMILES string of the molecule is CC(NCC1CCCC1O)c1ccc(F)cc1F. The van der Waals surface area contributed by atoms with E-state index >= 15 is 0 Å². The molecule has 2 N–H and O–H groups in total. The van der Waals surface area contributed by atoms with E-state index in [9.17, 15) is 13.9 Å². The normalized spacial score (nSPS) is 25.3. The number of aliphatic hydroxyl groups is 1. The number of hydrogen-bond acceptors (Lipinski definition) is 2. The topological polar surface area (TPSA) is 32.3 Å². The van der Waals surface area contributed by atoms with Crippen LogP contribution in [0, 0.1) is 17.6 Å². The summed E-state index contributed by atoms with van der Waals surface area (Å²) in [6.45, 7) is 2.51. The van der Waals surface area contributed by atoms with Crippen LogP contribution in [0.4, 0.5) is 8.78 Å². The first kappa shape index (κ1) is 13.4. The van der Waals surface area contributed by atoms with Gasteiger partial charge in [0.2, 0.25) is 0 Å². The third-order valence-corrected chi connectivity index (χ3v) is 3.73. The molecule has 2 rings (SSSR count). The maximum atomic E-state index is 13.5. The number of benzene rings is 1. The zero-order valence-corrected chi connectivity index (χ0v) is 10.5. The number of nitrogens with one attached hydrogen (secondary N) is 1. The number of halogens is 2. The predicted molar refractivity (Wildman–Crippen MR) is 66.1 cm³/mol. The Morgan fingerprint density at radius 1 is 1.39 bits per heavy atom. The predicted octanol–water partition coefficient (Wildman–Crippen LogP) is 2.78. The summed E-state index contributed by atoms with van der Waals surface area (Å²) in [5.41, 5.74) is 0.462. The van der Waals surface area contributed by atoms with Crippen molar-refractivity contribution in [1.82, 2.24) is 5.32 Å². The van der Waals surface area contributed by atoms with E-state index in [0.717, 1.165) is 25.3 Å². The Balaban J connectivity index is 1.93. The molecule has 1 aromatic carbocycles. The lowest BCUT2D eigenvalue weighted by Crippen LogP contribution is -2.30. The monoisotopic (exact) mass is 255 g/mol. The van der Waals surface area contributed by atoms with Crippen molar-refractivity contribution in [2.24, 2.45) is 5.92 Å². The van der Waals surface area contributed by atoms with Crippen LogP contribution < -0.4 is 5.32 Å². The van der Waals surface area contributed by atoms with E-state index in [4.69, 9.17) is 0 Å². The first-order valence-electron chi connectivity index (χ1n) is 6.44. The molecule has 3 unspecified atom stereocenters. The van der Waals surface area contributed by atoms with Gasteiger partial charge in [-0.05, 0) is 31.7 Å². The van der Waals surface area contributed by atoms with Crippen molar-refractivity contribution in [3.05, 3.63) is 35.4 Å². The van der Waals surface area contributed by atoms with E-state index in [2.05, 4.69) is 5.32 Å². The molecule has 0 bridgehead atoms. The molecule has 0 aliphatic heterocycles. The van der Waals surface area contributed by atoms with E-state index in [0.29, 0.717) is 12.1 Å². The van der Waals surface area contributed by atoms with E-state index in [1.54, 1.807) is 0 Å². The first-order chi connectivity index (χ1) is 8.58. The van der Waals surface area contributed by atoms with Crippen LogP contribution in [0.2, 0.25) is 0 Å². The Hall–Kier alpha value is -1.00. The fourth-order valence-corrected chi connectivity index (χ4v) is 2.55. The summed E-state index contributed by atoms with van der Waals surface area (Å²) in [7, 11) is 0. The first-order valence-corrected chi connectivity index (χ1v) is 6.44. The third kappa shape index (κ3) is 3.06. The van der Waals surface area contributed by atoms with Crippen LogP contribution in [0.1, 0.15) is 37.8 Å². The average molecular weight is 255 g/mol. The molecule has 0 aromatic heterocycles. The minimum absolute atomic E-state index is 0.182. The molecule has 0 amide bonds. The van der Waals surface area contributed by atoms with Gasteiger partial charge >= 0.3 is 0 Å². The highest BCUT2D eigenvalue weighted by atomic mass is 19.1. The summed E-state index contributed by atoms with van der Waals surface area (Å²) in [6, 6.07) is 3.45. The Morgan fingerprint density at radius 2 is 2.17 bits per heavy atom. The molecular weight excluding hydrogens is 236 g/mol. The van der Waals surface area contributed by atoms with Gasteiger partial charge in [-0.1, -0.05) is 12.5 Å². The van der Waals surface area contributed by atoms with Gasteiger partial charge in [0.1, 0.15) is 11.6 Å². The van der Waals surface area contributed by atoms with Crippen LogP contribution in [-0.4, -0.2) is 17.8 Å². The van der Waals surface area contributed by atoms with Crippen LogP contribution >= 0.6 is 0 Å². The van der Waals surface area contributed by atoms with Crippen LogP contribution in [0.3, 0.4) is 0 Å². The molecule has 1 aromatic rings. The highest BCUT2D eigenvalue weighted by Crippen LogP contribution is 2.26. The highest BCUT2D eigenvalue weighted by Gasteiger charge is 2.25. The number of aliphatic hydroxyl groups excluding tert-OH is 1. The molecule has 0 heterocycles. The fourth-order valence-electron chi connectivity index (χ4n) is 2.55. The molecule has 1 fully saturated rings. The second kappa shape index (κ2) is 5.76. The average Bonchev–Trinajstić information content (AvgIpc) is 2.72. The van der Waals surface area contributed by atoms with Gasteiger partial charge < -0.3 is 10.4 Å². The standard InChI is InChI=1S/C14H19F2NO/c1-9(12-6-5-11(15)7-13(12)16)17-8-10-3-2-4-14(10)18/h5-7,9-10,14,17-18H,2-4,8H2,1H3. The quantitative estimate of drug-likeness (QED) is 0.867. The second-order valence-electron chi connectivity index (χ2n) is 5.05. The lowest BCUT2D eigenvalue weighted by Gasteiger charge is -2.20. The van der Waals surface area contributed by atoms with Crippen molar-refractivity contribution in [1.29, 1.82) is 0 Å². The van der Waals surface area contributed by atoms with Gasteiger partial charge in [-0.25, -0.2) is 8.78 Å². The molecule has 1 aliphatic carbocycles. The fraction of sp³-hybridized carbons (Fsp3) is 0.571. The van der Waals surface area contributed by atoms with Crippen LogP contribution in [0.25, 0.3) is 0 Å². The van der Waals surface area contributed by atoms with Crippen molar-refractivity contribution < 1.29 is 13.9 Å². The number of rotatable bonds is 4. The molecule has 100 valence electrons. The van der Waals surface area contributed by atoms with Crippen molar-refractivity contribution >= 4 is 0 Å². The Bertz CT molecular complexity index is 411. The molecule has 3 atom stereocenters. The van der Waals surface area contributed by atoms with Gasteiger partial charge in [-0.15, -0.1) is 0 Å². The molecule has 0 radical (unpaired) electrons. The minimum Gasteiger partial charge on any atom is -0.393 e. The maximum Gasteiger partial charge on any atom is 0.130 e. The molecule has 18 heavy (non-hydrogen) atoms. The zero-order valence-electron chi connectivity index (χ0n) is 10.5. The lowest BCUT2D eigenvalue weighted by atomic mass is 10.0. The van der Waals surface area contributed by atoms with Gasteiger partial charge in [0.05, 0.1) is 6.10 Å². The maximum absolute atomic E-state index is 13.5. The molecule has 1 aliphatic rings. The molecule has 4 heteroatoms. The van der Waals surface area contributed by atoms with Gasteiger partial charge in [0.25, 0.3) is 0 Å². The summed E-state index contributed by atoms with van der Waals surface area (Å²) >= 11 is 0. The summed E-state index contributed by atoms with van der Waals surface area (Å²) < 4.78 is 26.3.